The van der Waals surface area contributed by atoms with E-state index in [-0.39, 0.29) is 0 Å². The van der Waals surface area contributed by atoms with E-state index in [1.807, 2.05) is 4.68 Å². The molecule has 0 radical (unpaired) electrons. The third-order valence-corrected chi connectivity index (χ3v) is 5.42. The minimum atomic E-state index is 0.434. The van der Waals surface area contributed by atoms with E-state index in [1.54, 1.807) is 6.20 Å². The number of aryl methyl sites for hydroxylation is 2. The molecule has 7 nitrogen and oxygen atoms in total. The van der Waals surface area contributed by atoms with Gasteiger partial charge in [0, 0.05) is 11.3 Å². The normalized spacial score (nSPS) is 13.4. The van der Waals surface area contributed by atoms with Crippen LogP contribution in [0.25, 0.3) is 11.0 Å². The minimum absolute atomic E-state index is 0.434. The second-order valence-corrected chi connectivity index (χ2v) is 7.27. The Hall–Kier alpha value is -3.74. The topological polar surface area (TPSA) is 85.2 Å². The molecule has 0 saturated carbocycles. The van der Waals surface area contributed by atoms with E-state index in [2.05, 4.69) is 76.3 Å². The van der Waals surface area contributed by atoms with Gasteiger partial charge in [0.2, 0.25) is 0 Å². The van der Waals surface area contributed by atoms with Crippen LogP contribution in [0.1, 0.15) is 16.7 Å². The number of nitrogens with two attached hydrogens (primary N) is 1. The van der Waals surface area contributed by atoms with E-state index in [9.17, 15) is 0 Å². The molecular formula is C22H21N7. The maximum Gasteiger partial charge on any atom is 0.163 e. The zero-order valence-electron chi connectivity index (χ0n) is 16.4. The van der Waals surface area contributed by atoms with Gasteiger partial charge < -0.3 is 10.6 Å². The van der Waals surface area contributed by atoms with E-state index < -0.39 is 0 Å². The van der Waals surface area contributed by atoms with Gasteiger partial charge in [-0.15, -0.1) is 0 Å². The molecule has 5 rings (SSSR count). The Morgan fingerprint density at radius 3 is 2.69 bits per heavy atom. The monoisotopic (exact) mass is 383 g/mol. The number of nitrogen functional groups attached to an aromatic ring is 1. The number of hydrogen-bond donors (Lipinski definition) is 1. The molecule has 4 aromatic rings. The summed E-state index contributed by atoms with van der Waals surface area (Å²) in [5, 5.41) is 5.25. The van der Waals surface area contributed by atoms with Crippen molar-refractivity contribution >= 4 is 34.1 Å². The number of rotatable bonds is 3. The third kappa shape index (κ3) is 2.91. The number of fused-ring (bicyclic) bond motifs is 2. The molecule has 29 heavy (non-hydrogen) atoms. The van der Waals surface area contributed by atoms with Crippen LogP contribution in [0, 0.1) is 13.8 Å². The molecule has 0 unspecified atom stereocenters. The number of para-hydroxylation sites is 1. The highest BCUT2D eigenvalue weighted by Crippen LogP contribution is 2.33. The van der Waals surface area contributed by atoms with Crippen LogP contribution >= 0.6 is 0 Å². The van der Waals surface area contributed by atoms with Crippen molar-refractivity contribution in [3.05, 3.63) is 71.7 Å². The average molecular weight is 383 g/mol. The smallest absolute Gasteiger partial charge is 0.163 e. The Morgan fingerprint density at radius 1 is 1.00 bits per heavy atom. The van der Waals surface area contributed by atoms with Crippen molar-refractivity contribution < 1.29 is 0 Å². The maximum absolute atomic E-state index is 5.98. The molecule has 0 atom stereocenters. The summed E-state index contributed by atoms with van der Waals surface area (Å²) in [5.74, 6) is 1.35. The quantitative estimate of drug-likeness (QED) is 0.582. The van der Waals surface area contributed by atoms with E-state index in [0.29, 0.717) is 18.0 Å². The Balaban J connectivity index is 1.64. The first-order chi connectivity index (χ1) is 14.1. The summed E-state index contributed by atoms with van der Waals surface area (Å²) in [6, 6.07) is 14.6. The van der Waals surface area contributed by atoms with Crippen LogP contribution in [0.5, 0.6) is 0 Å². The zero-order valence-corrected chi connectivity index (χ0v) is 16.4. The van der Waals surface area contributed by atoms with Gasteiger partial charge in [-0.2, -0.15) is 5.10 Å². The van der Waals surface area contributed by atoms with Gasteiger partial charge in [-0.1, -0.05) is 30.3 Å². The highest BCUT2D eigenvalue weighted by molar-refractivity contribution is 6.02. The van der Waals surface area contributed by atoms with Crippen LogP contribution in [-0.2, 0) is 13.1 Å². The van der Waals surface area contributed by atoms with Crippen LogP contribution in [0.2, 0.25) is 0 Å². The summed E-state index contributed by atoms with van der Waals surface area (Å²) in [5.41, 5.74) is 12.5. The van der Waals surface area contributed by atoms with Gasteiger partial charge in [-0.3, -0.25) is 0 Å². The second-order valence-electron chi connectivity index (χ2n) is 7.27. The summed E-state index contributed by atoms with van der Waals surface area (Å²) in [6.07, 6.45) is 3.18. The van der Waals surface area contributed by atoms with Crippen LogP contribution in [-0.4, -0.2) is 25.6 Å². The first-order valence-corrected chi connectivity index (χ1v) is 9.53. The Labute approximate surface area is 168 Å². The molecular weight excluding hydrogens is 362 g/mol. The summed E-state index contributed by atoms with van der Waals surface area (Å²) >= 11 is 0. The molecule has 0 saturated heterocycles. The summed E-state index contributed by atoms with van der Waals surface area (Å²) in [7, 11) is 0. The first kappa shape index (κ1) is 17.4. The fourth-order valence-electron chi connectivity index (χ4n) is 3.82. The average Bonchev–Trinajstić information content (AvgIpc) is 3.13. The van der Waals surface area contributed by atoms with E-state index in [4.69, 9.17) is 10.7 Å². The molecule has 7 heteroatoms. The van der Waals surface area contributed by atoms with Crippen molar-refractivity contribution in [2.45, 2.75) is 26.9 Å². The standard InChI is InChI=1S/C22H21N7/c1-14-7-5-8-18-17(14)11-28(19-9-4-3-6-15(19)2)20(27-18)12-29-22-16(10-26-29)21(23)24-13-25-22/h3-10,13H,11-12H2,1-2H3,(H2,23,24,25). The second kappa shape index (κ2) is 6.70. The predicted molar refractivity (Wildman–Crippen MR) is 115 cm³/mol. The number of benzene rings is 2. The van der Waals surface area contributed by atoms with Crippen molar-refractivity contribution in [2.75, 3.05) is 10.6 Å². The van der Waals surface area contributed by atoms with Crippen molar-refractivity contribution in [3.63, 3.8) is 0 Å². The van der Waals surface area contributed by atoms with Crippen molar-refractivity contribution in [2.24, 2.45) is 4.99 Å². The number of anilines is 2. The molecule has 144 valence electrons. The summed E-state index contributed by atoms with van der Waals surface area (Å²) < 4.78 is 1.83. The SMILES string of the molecule is Cc1ccccc1N1Cc2c(C)cccc2N=C1Cn1ncc2c(N)ncnc21. The molecule has 2 aromatic heterocycles. The Kier molecular flexibility index (Phi) is 4.01. The zero-order chi connectivity index (χ0) is 20.0. The number of aliphatic imine (C=N–C) groups is 1. The number of nitrogens with zero attached hydrogens (tertiary/aromatic N) is 6. The van der Waals surface area contributed by atoms with Crippen molar-refractivity contribution in [3.8, 4) is 0 Å². The lowest BCUT2D eigenvalue weighted by Crippen LogP contribution is -2.36. The lowest BCUT2D eigenvalue weighted by molar-refractivity contribution is 0.725. The highest BCUT2D eigenvalue weighted by Gasteiger charge is 2.24. The maximum atomic E-state index is 5.98. The molecule has 2 N–H and O–H groups in total. The number of amidine groups is 1. The van der Waals surface area contributed by atoms with Gasteiger partial charge in [-0.25, -0.2) is 19.6 Å². The van der Waals surface area contributed by atoms with Gasteiger partial charge in [0.1, 0.15) is 24.5 Å². The minimum Gasteiger partial charge on any atom is -0.383 e. The van der Waals surface area contributed by atoms with Crippen LogP contribution in [0.3, 0.4) is 0 Å². The van der Waals surface area contributed by atoms with Gasteiger partial charge in [0.05, 0.1) is 23.8 Å². The molecule has 0 spiro atoms. The third-order valence-electron chi connectivity index (χ3n) is 5.42. The van der Waals surface area contributed by atoms with Gasteiger partial charge in [0.25, 0.3) is 0 Å². The fraction of sp³-hybridized carbons (Fsp3) is 0.182. The van der Waals surface area contributed by atoms with Crippen LogP contribution in [0.4, 0.5) is 17.2 Å². The predicted octanol–water partition coefficient (Wildman–Crippen LogP) is 3.78. The van der Waals surface area contributed by atoms with Crippen LogP contribution in [0.15, 0.2) is 60.0 Å². The highest BCUT2D eigenvalue weighted by atomic mass is 15.3. The molecule has 0 fully saturated rings. The first-order valence-electron chi connectivity index (χ1n) is 9.53. The largest absolute Gasteiger partial charge is 0.383 e. The fourth-order valence-corrected chi connectivity index (χ4v) is 3.82. The number of hydrogen-bond acceptors (Lipinski definition) is 6. The number of aromatic nitrogens is 4. The lowest BCUT2D eigenvalue weighted by Gasteiger charge is -2.32. The van der Waals surface area contributed by atoms with Gasteiger partial charge in [-0.05, 0) is 37.1 Å². The molecule has 0 amide bonds. The van der Waals surface area contributed by atoms with E-state index in [1.165, 1.54) is 23.0 Å². The molecule has 0 aliphatic carbocycles. The molecule has 1 aliphatic rings. The van der Waals surface area contributed by atoms with Crippen molar-refractivity contribution in [1.29, 1.82) is 0 Å². The molecule has 0 bridgehead atoms. The lowest BCUT2D eigenvalue weighted by atomic mass is 10.0. The van der Waals surface area contributed by atoms with Crippen molar-refractivity contribution in [1.82, 2.24) is 19.7 Å². The summed E-state index contributed by atoms with van der Waals surface area (Å²) in [6.45, 7) is 5.51. The Morgan fingerprint density at radius 2 is 1.83 bits per heavy atom. The van der Waals surface area contributed by atoms with E-state index in [0.717, 1.165) is 29.1 Å². The van der Waals surface area contributed by atoms with Gasteiger partial charge >= 0.3 is 0 Å². The van der Waals surface area contributed by atoms with Crippen LogP contribution < -0.4 is 10.6 Å². The van der Waals surface area contributed by atoms with Gasteiger partial charge in [0.15, 0.2) is 5.65 Å². The van der Waals surface area contributed by atoms with E-state index >= 15 is 0 Å². The molecule has 3 heterocycles. The molecule has 1 aliphatic heterocycles. The molecule has 2 aromatic carbocycles. The Bertz CT molecular complexity index is 1260. The summed E-state index contributed by atoms with van der Waals surface area (Å²) in [4.78, 5) is 15.7.